The summed E-state index contributed by atoms with van der Waals surface area (Å²) in [6.45, 7) is 0. The van der Waals surface area contributed by atoms with E-state index in [1.54, 1.807) is 12.1 Å². The largest absolute Gasteiger partial charge is 0.325 e. The van der Waals surface area contributed by atoms with E-state index in [0.717, 1.165) is 23.2 Å². The third-order valence-corrected chi connectivity index (χ3v) is 5.18. The van der Waals surface area contributed by atoms with Crippen LogP contribution in [0.25, 0.3) is 0 Å². The zero-order valence-corrected chi connectivity index (χ0v) is 16.0. The lowest BCUT2D eigenvalue weighted by Crippen LogP contribution is -2.15. The van der Waals surface area contributed by atoms with Crippen LogP contribution in [0.2, 0.25) is 0 Å². The van der Waals surface area contributed by atoms with Gasteiger partial charge in [-0.3, -0.25) is 14.9 Å². The maximum Gasteiger partial charge on any atom is 0.269 e. The van der Waals surface area contributed by atoms with Crippen molar-refractivity contribution in [2.75, 3.05) is 11.1 Å². The summed E-state index contributed by atoms with van der Waals surface area (Å²) in [5.41, 5.74) is 4.11. The zero-order chi connectivity index (χ0) is 19.8. The third-order valence-electron chi connectivity index (χ3n) is 4.18. The molecule has 0 radical (unpaired) electrons. The molecule has 3 aromatic rings. The topological polar surface area (TPSA) is 72.2 Å². The summed E-state index contributed by atoms with van der Waals surface area (Å²) < 4.78 is 0. The molecule has 6 heteroatoms. The number of hydrogen-bond donors (Lipinski definition) is 1. The molecule has 142 valence electrons. The molecule has 0 heterocycles. The second-order valence-electron chi connectivity index (χ2n) is 6.28. The molecule has 0 aliphatic heterocycles. The first-order valence-corrected chi connectivity index (χ1v) is 10.00. The normalized spacial score (nSPS) is 10.4. The van der Waals surface area contributed by atoms with Crippen LogP contribution in [0.15, 0.2) is 78.9 Å². The molecule has 0 spiro atoms. The van der Waals surface area contributed by atoms with Gasteiger partial charge in [0.1, 0.15) is 0 Å². The summed E-state index contributed by atoms with van der Waals surface area (Å²) >= 11 is 1.48. The highest BCUT2D eigenvalue weighted by Gasteiger charge is 2.08. The lowest BCUT2D eigenvalue weighted by molar-refractivity contribution is -0.384. The number of anilines is 1. The molecule has 0 saturated heterocycles. The standard InChI is InChI=1S/C22H20N2O3S/c25-22(16-28-15-18-10-12-20(13-11-18)24(26)27)23-21-9-5-4-8-19(21)14-17-6-2-1-3-7-17/h1-13H,14-16H2,(H,23,25). The molecule has 0 bridgehead atoms. The van der Waals surface area contributed by atoms with Crippen LogP contribution in [0.5, 0.6) is 0 Å². The molecule has 5 nitrogen and oxygen atoms in total. The first-order chi connectivity index (χ1) is 13.6. The Balaban J connectivity index is 1.53. The summed E-state index contributed by atoms with van der Waals surface area (Å²) in [4.78, 5) is 22.6. The van der Waals surface area contributed by atoms with Gasteiger partial charge >= 0.3 is 0 Å². The van der Waals surface area contributed by atoms with E-state index < -0.39 is 4.92 Å². The van der Waals surface area contributed by atoms with Crippen molar-refractivity contribution in [1.29, 1.82) is 0 Å². The van der Waals surface area contributed by atoms with E-state index in [-0.39, 0.29) is 11.6 Å². The molecular formula is C22H20N2O3S. The van der Waals surface area contributed by atoms with Gasteiger partial charge in [0.15, 0.2) is 0 Å². The molecule has 28 heavy (non-hydrogen) atoms. The number of carbonyl (C=O) groups is 1. The van der Waals surface area contributed by atoms with Crippen LogP contribution in [0.3, 0.4) is 0 Å². The minimum Gasteiger partial charge on any atom is -0.325 e. The number of carbonyl (C=O) groups excluding carboxylic acids is 1. The van der Waals surface area contributed by atoms with Crippen LogP contribution in [-0.4, -0.2) is 16.6 Å². The molecule has 0 aliphatic rings. The molecule has 0 unspecified atom stereocenters. The van der Waals surface area contributed by atoms with Crippen LogP contribution in [0, 0.1) is 10.1 Å². The van der Waals surface area contributed by atoms with Gasteiger partial charge in [-0.1, -0.05) is 60.7 Å². The van der Waals surface area contributed by atoms with E-state index in [2.05, 4.69) is 17.4 Å². The van der Waals surface area contributed by atoms with Gasteiger partial charge in [0.2, 0.25) is 5.91 Å². The highest BCUT2D eigenvalue weighted by Crippen LogP contribution is 2.20. The molecular weight excluding hydrogens is 372 g/mol. The molecule has 0 aromatic heterocycles. The fourth-order valence-corrected chi connectivity index (χ4v) is 3.56. The number of nitro benzene ring substituents is 1. The Kier molecular flexibility index (Phi) is 6.81. The molecule has 1 N–H and O–H groups in total. The Morgan fingerprint density at radius 1 is 0.893 bits per heavy atom. The number of thioether (sulfide) groups is 1. The number of non-ortho nitro benzene ring substituents is 1. The van der Waals surface area contributed by atoms with E-state index >= 15 is 0 Å². The number of hydrogen-bond acceptors (Lipinski definition) is 4. The fraction of sp³-hybridized carbons (Fsp3) is 0.136. The summed E-state index contributed by atoms with van der Waals surface area (Å²) in [5, 5.41) is 13.7. The number of para-hydroxylation sites is 1. The van der Waals surface area contributed by atoms with Gasteiger partial charge in [-0.15, -0.1) is 11.8 Å². The van der Waals surface area contributed by atoms with Gasteiger partial charge in [-0.2, -0.15) is 0 Å². The highest BCUT2D eigenvalue weighted by molar-refractivity contribution is 7.99. The average molecular weight is 392 g/mol. The highest BCUT2D eigenvalue weighted by atomic mass is 32.2. The Hall–Kier alpha value is -3.12. The van der Waals surface area contributed by atoms with Crippen molar-refractivity contribution in [2.45, 2.75) is 12.2 Å². The predicted octanol–water partition coefficient (Wildman–Crippen LogP) is 5.06. The summed E-state index contributed by atoms with van der Waals surface area (Å²) in [6.07, 6.45) is 0.757. The first-order valence-electron chi connectivity index (χ1n) is 8.84. The van der Waals surface area contributed by atoms with Gasteiger partial charge in [0.05, 0.1) is 10.7 Å². The number of rotatable bonds is 8. The Morgan fingerprint density at radius 2 is 1.57 bits per heavy atom. The number of nitro groups is 1. The SMILES string of the molecule is O=C(CSCc1ccc([N+](=O)[O-])cc1)Nc1ccccc1Cc1ccccc1. The first kappa shape index (κ1) is 19.6. The number of benzene rings is 3. The van der Waals surface area contributed by atoms with E-state index in [0.29, 0.717) is 11.5 Å². The summed E-state index contributed by atoms with van der Waals surface area (Å²) in [7, 11) is 0. The minimum absolute atomic E-state index is 0.0626. The molecule has 3 aromatic carbocycles. The average Bonchev–Trinajstić information content (AvgIpc) is 2.71. The van der Waals surface area contributed by atoms with E-state index in [1.165, 1.54) is 29.5 Å². The van der Waals surface area contributed by atoms with E-state index in [4.69, 9.17) is 0 Å². The zero-order valence-electron chi connectivity index (χ0n) is 15.2. The van der Waals surface area contributed by atoms with Crippen LogP contribution >= 0.6 is 11.8 Å². The molecule has 0 fully saturated rings. The van der Waals surface area contributed by atoms with Crippen molar-refractivity contribution in [2.24, 2.45) is 0 Å². The molecule has 0 atom stereocenters. The minimum atomic E-state index is -0.419. The van der Waals surface area contributed by atoms with Gasteiger partial charge in [0.25, 0.3) is 5.69 Å². The smallest absolute Gasteiger partial charge is 0.269 e. The maximum atomic E-state index is 12.3. The lowest BCUT2D eigenvalue weighted by Gasteiger charge is -2.11. The summed E-state index contributed by atoms with van der Waals surface area (Å²) in [5.74, 6) is 0.876. The second kappa shape index (κ2) is 9.71. The number of nitrogens with zero attached hydrogens (tertiary/aromatic N) is 1. The van der Waals surface area contributed by atoms with Crippen molar-refractivity contribution < 1.29 is 9.72 Å². The van der Waals surface area contributed by atoms with Crippen molar-refractivity contribution >= 4 is 29.0 Å². The Labute approximate surface area is 167 Å². The van der Waals surface area contributed by atoms with Crippen LogP contribution in [0.4, 0.5) is 11.4 Å². The molecule has 0 aliphatic carbocycles. The van der Waals surface area contributed by atoms with Crippen LogP contribution in [0.1, 0.15) is 16.7 Å². The molecule has 3 rings (SSSR count). The maximum absolute atomic E-state index is 12.3. The van der Waals surface area contributed by atoms with E-state index in [9.17, 15) is 14.9 Å². The monoisotopic (exact) mass is 392 g/mol. The number of amides is 1. The van der Waals surface area contributed by atoms with Gasteiger partial charge < -0.3 is 5.32 Å². The second-order valence-corrected chi connectivity index (χ2v) is 7.27. The Bertz CT molecular complexity index is 944. The van der Waals surface area contributed by atoms with Gasteiger partial charge in [-0.05, 0) is 29.2 Å². The lowest BCUT2D eigenvalue weighted by atomic mass is 10.0. The molecule has 0 saturated carbocycles. The Morgan fingerprint density at radius 3 is 2.29 bits per heavy atom. The van der Waals surface area contributed by atoms with Gasteiger partial charge in [0, 0.05) is 23.6 Å². The van der Waals surface area contributed by atoms with Crippen LogP contribution in [-0.2, 0) is 17.0 Å². The quantitative estimate of drug-likeness (QED) is 0.430. The molecule has 1 amide bonds. The number of nitrogens with one attached hydrogen (secondary N) is 1. The van der Waals surface area contributed by atoms with Crippen molar-refractivity contribution in [3.05, 3.63) is 106 Å². The predicted molar refractivity (Wildman–Crippen MR) is 114 cm³/mol. The fourth-order valence-electron chi connectivity index (χ4n) is 2.77. The van der Waals surface area contributed by atoms with Gasteiger partial charge in [-0.25, -0.2) is 0 Å². The van der Waals surface area contributed by atoms with Crippen LogP contribution < -0.4 is 5.32 Å². The van der Waals surface area contributed by atoms with Crippen molar-refractivity contribution in [3.63, 3.8) is 0 Å². The van der Waals surface area contributed by atoms with E-state index in [1.807, 2.05) is 42.5 Å². The van der Waals surface area contributed by atoms with Crippen molar-refractivity contribution in [1.82, 2.24) is 0 Å². The summed E-state index contributed by atoms with van der Waals surface area (Å²) in [6, 6.07) is 24.4. The third kappa shape index (κ3) is 5.69. The van der Waals surface area contributed by atoms with Crippen molar-refractivity contribution in [3.8, 4) is 0 Å².